The van der Waals surface area contributed by atoms with Crippen molar-refractivity contribution >= 4 is 33.9 Å². The monoisotopic (exact) mass is 483 g/mol. The van der Waals surface area contributed by atoms with E-state index in [-0.39, 0.29) is 11.7 Å². The Labute approximate surface area is 210 Å². The highest BCUT2D eigenvalue weighted by molar-refractivity contribution is 6.06. The standard InChI is InChI=1S/C30H29NO5/c1-6-35-29-19(3)30-26(27(17-36-30)22-9-13-24(34-5)14-10-22)16-25(29)18(2)15-28(33)31-23-11-7-21(8-12-23)20(4)32/h7-17H,6H2,1-5H3,(H,31,33)/b18-15+. The van der Waals surface area contributed by atoms with E-state index in [1.165, 1.54) is 6.92 Å². The Kier molecular flexibility index (Phi) is 7.25. The predicted molar refractivity (Wildman–Crippen MR) is 143 cm³/mol. The third-order valence-electron chi connectivity index (χ3n) is 6.07. The molecule has 0 unspecified atom stereocenters. The molecule has 0 aliphatic heterocycles. The Balaban J connectivity index is 1.72. The summed E-state index contributed by atoms with van der Waals surface area (Å²) >= 11 is 0. The van der Waals surface area contributed by atoms with Gasteiger partial charge >= 0.3 is 0 Å². The van der Waals surface area contributed by atoms with Gasteiger partial charge in [-0.25, -0.2) is 0 Å². The lowest BCUT2D eigenvalue weighted by atomic mass is 9.96. The van der Waals surface area contributed by atoms with E-state index in [9.17, 15) is 9.59 Å². The molecule has 0 radical (unpaired) electrons. The number of carbonyl (C=O) groups excluding carboxylic acids is 2. The maximum Gasteiger partial charge on any atom is 0.248 e. The zero-order valence-electron chi connectivity index (χ0n) is 21.1. The second-order valence-corrected chi connectivity index (χ2v) is 8.52. The van der Waals surface area contributed by atoms with Gasteiger partial charge in [-0.2, -0.15) is 0 Å². The van der Waals surface area contributed by atoms with Gasteiger partial charge in [-0.15, -0.1) is 0 Å². The minimum absolute atomic E-state index is 0.0221. The van der Waals surface area contributed by atoms with Crippen LogP contribution in [-0.4, -0.2) is 25.4 Å². The number of ketones is 1. The van der Waals surface area contributed by atoms with Crippen LogP contribution in [0.2, 0.25) is 0 Å². The summed E-state index contributed by atoms with van der Waals surface area (Å²) in [6.07, 6.45) is 3.30. The summed E-state index contributed by atoms with van der Waals surface area (Å²) in [4.78, 5) is 24.3. The van der Waals surface area contributed by atoms with Gasteiger partial charge in [0.15, 0.2) is 5.78 Å². The van der Waals surface area contributed by atoms with Gasteiger partial charge in [-0.05, 0) is 81.3 Å². The maximum absolute atomic E-state index is 12.8. The molecule has 0 spiro atoms. The fraction of sp³-hybridized carbons (Fsp3) is 0.200. The highest BCUT2D eigenvalue weighted by Crippen LogP contribution is 2.41. The molecule has 0 aliphatic rings. The van der Waals surface area contributed by atoms with Gasteiger partial charge in [0.25, 0.3) is 0 Å². The molecule has 0 atom stereocenters. The number of nitrogens with one attached hydrogen (secondary N) is 1. The molecule has 184 valence electrons. The minimum Gasteiger partial charge on any atom is -0.497 e. The first-order valence-corrected chi connectivity index (χ1v) is 11.7. The van der Waals surface area contributed by atoms with Crippen molar-refractivity contribution < 1.29 is 23.5 Å². The van der Waals surface area contributed by atoms with E-state index < -0.39 is 0 Å². The molecule has 4 aromatic rings. The number of furan rings is 1. The van der Waals surface area contributed by atoms with Crippen molar-refractivity contribution in [2.75, 3.05) is 19.0 Å². The number of hydrogen-bond donors (Lipinski definition) is 1. The Morgan fingerprint density at radius 2 is 1.72 bits per heavy atom. The number of methoxy groups -OCH3 is 1. The summed E-state index contributed by atoms with van der Waals surface area (Å²) in [6.45, 7) is 7.76. The molecule has 6 nitrogen and oxygen atoms in total. The van der Waals surface area contributed by atoms with Gasteiger partial charge in [0, 0.05) is 39.4 Å². The van der Waals surface area contributed by atoms with E-state index in [0.29, 0.717) is 23.6 Å². The van der Waals surface area contributed by atoms with Crippen LogP contribution >= 0.6 is 0 Å². The molecular formula is C30H29NO5. The van der Waals surface area contributed by atoms with Crippen molar-refractivity contribution in [3.63, 3.8) is 0 Å². The minimum atomic E-state index is -0.272. The van der Waals surface area contributed by atoms with Gasteiger partial charge < -0.3 is 19.2 Å². The first-order valence-electron chi connectivity index (χ1n) is 11.7. The number of allylic oxidation sites excluding steroid dienone is 1. The molecule has 1 aromatic heterocycles. The maximum atomic E-state index is 12.8. The summed E-state index contributed by atoms with van der Waals surface area (Å²) in [5.74, 6) is 1.17. The SMILES string of the molecule is CCOc1c(/C(C)=C/C(=O)Nc2ccc(C(C)=O)cc2)cc2c(-c3ccc(OC)cc3)coc2c1C. The summed E-state index contributed by atoms with van der Waals surface area (Å²) in [7, 11) is 1.64. The molecule has 6 heteroatoms. The highest BCUT2D eigenvalue weighted by Gasteiger charge is 2.19. The van der Waals surface area contributed by atoms with Crippen molar-refractivity contribution in [1.29, 1.82) is 0 Å². The molecule has 3 aromatic carbocycles. The van der Waals surface area contributed by atoms with Crippen LogP contribution in [0.15, 0.2) is 71.4 Å². The van der Waals surface area contributed by atoms with Crippen LogP contribution in [-0.2, 0) is 4.79 Å². The lowest BCUT2D eigenvalue weighted by Crippen LogP contribution is -2.09. The number of aryl methyl sites for hydroxylation is 1. The highest BCUT2D eigenvalue weighted by atomic mass is 16.5. The van der Waals surface area contributed by atoms with Crippen molar-refractivity contribution in [2.45, 2.75) is 27.7 Å². The molecule has 1 N–H and O–H groups in total. The predicted octanol–water partition coefficient (Wildman–Crippen LogP) is 7.06. The number of ether oxygens (including phenoxy) is 2. The average Bonchev–Trinajstić information content (AvgIpc) is 3.30. The van der Waals surface area contributed by atoms with Gasteiger partial charge in [-0.3, -0.25) is 9.59 Å². The molecule has 36 heavy (non-hydrogen) atoms. The summed E-state index contributed by atoms with van der Waals surface area (Å²) in [5.41, 5.74) is 6.34. The number of hydrogen-bond acceptors (Lipinski definition) is 5. The first-order chi connectivity index (χ1) is 17.3. The van der Waals surface area contributed by atoms with Crippen LogP contribution in [0, 0.1) is 6.92 Å². The van der Waals surface area contributed by atoms with Crippen molar-refractivity contribution in [2.24, 2.45) is 0 Å². The quantitative estimate of drug-likeness (QED) is 0.214. The Hall–Kier alpha value is -4.32. The Bertz CT molecular complexity index is 1440. The summed E-state index contributed by atoms with van der Waals surface area (Å²) in [6, 6.07) is 16.6. The lowest BCUT2D eigenvalue weighted by molar-refractivity contribution is -0.111. The smallest absolute Gasteiger partial charge is 0.248 e. The number of benzene rings is 3. The van der Waals surface area contributed by atoms with E-state index in [2.05, 4.69) is 5.32 Å². The van der Waals surface area contributed by atoms with E-state index in [4.69, 9.17) is 13.9 Å². The van der Waals surface area contributed by atoms with Crippen LogP contribution in [0.1, 0.15) is 42.3 Å². The van der Waals surface area contributed by atoms with E-state index >= 15 is 0 Å². The molecule has 4 rings (SSSR count). The van der Waals surface area contributed by atoms with Crippen LogP contribution in [0.5, 0.6) is 11.5 Å². The van der Waals surface area contributed by atoms with Crippen LogP contribution in [0.3, 0.4) is 0 Å². The van der Waals surface area contributed by atoms with Crippen molar-refractivity contribution in [1.82, 2.24) is 0 Å². The number of rotatable bonds is 8. The second kappa shape index (κ2) is 10.5. The van der Waals surface area contributed by atoms with E-state index in [1.54, 1.807) is 43.7 Å². The molecule has 0 saturated carbocycles. The van der Waals surface area contributed by atoms with Gasteiger partial charge in [0.2, 0.25) is 5.91 Å². The van der Waals surface area contributed by atoms with Crippen molar-refractivity contribution in [3.05, 3.63) is 83.6 Å². The van der Waals surface area contributed by atoms with Crippen LogP contribution in [0.4, 0.5) is 5.69 Å². The molecule has 0 saturated heterocycles. The van der Waals surface area contributed by atoms with E-state index in [1.807, 2.05) is 51.1 Å². The number of carbonyl (C=O) groups is 2. The second-order valence-electron chi connectivity index (χ2n) is 8.52. The number of amides is 1. The Morgan fingerprint density at radius 1 is 1.03 bits per heavy atom. The van der Waals surface area contributed by atoms with Gasteiger partial charge in [-0.1, -0.05) is 12.1 Å². The lowest BCUT2D eigenvalue weighted by Gasteiger charge is -2.15. The van der Waals surface area contributed by atoms with Gasteiger partial charge in [0.1, 0.15) is 17.1 Å². The first kappa shape index (κ1) is 24.8. The largest absolute Gasteiger partial charge is 0.497 e. The fourth-order valence-corrected chi connectivity index (χ4v) is 4.17. The summed E-state index contributed by atoms with van der Waals surface area (Å²) < 4.78 is 17.2. The van der Waals surface area contributed by atoms with Crippen LogP contribution in [0.25, 0.3) is 27.7 Å². The number of fused-ring (bicyclic) bond motifs is 1. The van der Waals surface area contributed by atoms with Gasteiger partial charge in [0.05, 0.1) is 20.0 Å². The fourth-order valence-electron chi connectivity index (χ4n) is 4.17. The van der Waals surface area contributed by atoms with E-state index in [0.717, 1.165) is 44.5 Å². The third-order valence-corrected chi connectivity index (χ3v) is 6.07. The normalized spacial score (nSPS) is 11.4. The number of Topliss-reactive ketones (excluding diaryl/α,β-unsaturated/α-hetero) is 1. The molecule has 0 aliphatic carbocycles. The third kappa shape index (κ3) is 5.03. The van der Waals surface area contributed by atoms with Crippen LogP contribution < -0.4 is 14.8 Å². The molecule has 0 fully saturated rings. The zero-order chi connectivity index (χ0) is 25.8. The average molecular weight is 484 g/mol. The molecule has 0 bridgehead atoms. The van der Waals surface area contributed by atoms with Crippen molar-refractivity contribution in [3.8, 4) is 22.6 Å². The zero-order valence-corrected chi connectivity index (χ0v) is 21.1. The molecule has 1 heterocycles. The topological polar surface area (TPSA) is 77.8 Å². The molecular weight excluding hydrogens is 454 g/mol. The molecule has 1 amide bonds. The number of anilines is 1. The Morgan fingerprint density at radius 3 is 2.33 bits per heavy atom. The summed E-state index contributed by atoms with van der Waals surface area (Å²) in [5, 5.41) is 3.79.